The number of amides is 1. The van der Waals surface area contributed by atoms with E-state index in [1.54, 1.807) is 12.1 Å². The van der Waals surface area contributed by atoms with Gasteiger partial charge in [0, 0.05) is 24.0 Å². The van der Waals surface area contributed by atoms with Crippen LogP contribution in [-0.4, -0.2) is 40.0 Å². The molecule has 1 aliphatic carbocycles. The van der Waals surface area contributed by atoms with Crippen molar-refractivity contribution in [1.29, 1.82) is 0 Å². The summed E-state index contributed by atoms with van der Waals surface area (Å²) in [5, 5.41) is 18.1. The van der Waals surface area contributed by atoms with Gasteiger partial charge in [-0.1, -0.05) is 55.3 Å². The number of fused-ring (bicyclic) bond motifs is 1. The van der Waals surface area contributed by atoms with Gasteiger partial charge in [0.25, 0.3) is 0 Å². The molecule has 7 heteroatoms. The summed E-state index contributed by atoms with van der Waals surface area (Å²) < 4.78 is 1.86. The molecule has 2 heterocycles. The summed E-state index contributed by atoms with van der Waals surface area (Å²) in [4.78, 5) is 18.1. The first-order chi connectivity index (χ1) is 16.6. The number of hydrogen-bond donors (Lipinski definition) is 2. The second-order valence-electron chi connectivity index (χ2n) is 9.23. The quantitative estimate of drug-likeness (QED) is 0.334. The number of nitrogens with one attached hydrogen (secondary N) is 1. The zero-order valence-corrected chi connectivity index (χ0v) is 19.5. The maximum Gasteiger partial charge on any atom is 0.230 e. The Hall–Kier alpha value is -3.61. The molecule has 34 heavy (non-hydrogen) atoms. The molecule has 1 aliphatic rings. The van der Waals surface area contributed by atoms with Gasteiger partial charge < -0.3 is 10.4 Å². The first-order valence-corrected chi connectivity index (χ1v) is 12.0. The van der Waals surface area contributed by atoms with Crippen molar-refractivity contribution in [3.63, 3.8) is 0 Å². The molecular weight excluding hydrogens is 423 g/mol. The maximum atomic E-state index is 13.3. The van der Waals surface area contributed by atoms with Gasteiger partial charge in [-0.15, -0.1) is 0 Å². The molecule has 2 N–H and O–H groups in total. The summed E-state index contributed by atoms with van der Waals surface area (Å²) in [6.07, 6.45) is 7.32. The zero-order valence-electron chi connectivity index (χ0n) is 19.5. The van der Waals surface area contributed by atoms with Gasteiger partial charge >= 0.3 is 0 Å². The molecule has 172 valence electrons. The van der Waals surface area contributed by atoms with Crippen LogP contribution in [-0.2, 0) is 16.6 Å². The topological polar surface area (TPSA) is 79.5 Å². The molecule has 5 rings (SSSR count). The predicted molar refractivity (Wildman–Crippen MR) is 136 cm³/mol. The number of benzene rings is 2. The van der Waals surface area contributed by atoms with Gasteiger partial charge in [0.2, 0.25) is 5.91 Å². The number of aryl methyl sites for hydroxylation is 1. The molecule has 0 radical (unpaired) electrons. The van der Waals surface area contributed by atoms with Crippen LogP contribution in [0.1, 0.15) is 43.4 Å². The highest BCUT2D eigenvalue weighted by Gasteiger charge is 2.42. The van der Waals surface area contributed by atoms with Crippen LogP contribution in [0.15, 0.2) is 66.9 Å². The van der Waals surface area contributed by atoms with E-state index in [0.29, 0.717) is 12.1 Å². The van der Waals surface area contributed by atoms with E-state index in [2.05, 4.69) is 22.5 Å². The van der Waals surface area contributed by atoms with Gasteiger partial charge in [0.1, 0.15) is 19.2 Å². The second-order valence-corrected chi connectivity index (χ2v) is 9.23. The van der Waals surface area contributed by atoms with Crippen LogP contribution in [0.5, 0.6) is 5.75 Å². The predicted octanol–water partition coefficient (Wildman–Crippen LogP) is 2.92. The van der Waals surface area contributed by atoms with Crippen LogP contribution < -0.4 is 10.8 Å². The molecule has 0 saturated heterocycles. The standard InChI is InChI=1S/C27H29BN4O2/c28-22-18-30-32-20(17-23(31-25(22)32)21-12-4-5-13-24(21)33)11-8-16-29-26(34)27(14-6-7-15-27)19-9-2-1-3-10-19/h1-5,9-10,12-13,17-18,33H,6-8,11,14-16,28H2,(H,29,34). The van der Waals surface area contributed by atoms with Gasteiger partial charge in [0.15, 0.2) is 0 Å². The molecule has 4 aromatic rings. The minimum absolute atomic E-state index is 0.140. The van der Waals surface area contributed by atoms with Crippen molar-refractivity contribution in [3.8, 4) is 17.0 Å². The van der Waals surface area contributed by atoms with Crippen molar-refractivity contribution < 1.29 is 9.90 Å². The molecule has 1 fully saturated rings. The fourth-order valence-electron chi connectivity index (χ4n) is 5.16. The third kappa shape index (κ3) is 4.07. The van der Waals surface area contributed by atoms with E-state index in [-0.39, 0.29) is 11.7 Å². The Kier molecular flexibility index (Phi) is 6.09. The zero-order chi connectivity index (χ0) is 23.5. The van der Waals surface area contributed by atoms with E-state index < -0.39 is 5.41 Å². The second kappa shape index (κ2) is 9.33. The number of para-hydroxylation sites is 1. The number of rotatable bonds is 7. The molecule has 1 saturated carbocycles. The van der Waals surface area contributed by atoms with Crippen LogP contribution in [0.4, 0.5) is 0 Å². The third-order valence-electron chi connectivity index (χ3n) is 7.02. The summed E-state index contributed by atoms with van der Waals surface area (Å²) >= 11 is 0. The Morgan fingerprint density at radius 2 is 1.82 bits per heavy atom. The Morgan fingerprint density at radius 1 is 1.09 bits per heavy atom. The molecular formula is C27H29BN4O2. The molecule has 6 nitrogen and oxygen atoms in total. The van der Waals surface area contributed by atoms with E-state index >= 15 is 0 Å². The van der Waals surface area contributed by atoms with E-state index in [9.17, 15) is 9.90 Å². The number of hydrogen-bond acceptors (Lipinski definition) is 4. The lowest BCUT2D eigenvalue weighted by Crippen LogP contribution is -2.43. The lowest BCUT2D eigenvalue weighted by Gasteiger charge is -2.28. The summed E-state index contributed by atoms with van der Waals surface area (Å²) in [5.74, 6) is 0.346. The summed E-state index contributed by atoms with van der Waals surface area (Å²) in [5.41, 5.74) is 4.92. The van der Waals surface area contributed by atoms with Gasteiger partial charge in [0.05, 0.1) is 11.1 Å². The Bertz CT molecular complexity index is 1310. The van der Waals surface area contributed by atoms with Crippen LogP contribution in [0, 0.1) is 0 Å². The number of aromatic nitrogens is 3. The van der Waals surface area contributed by atoms with Crippen molar-refractivity contribution in [2.45, 2.75) is 43.9 Å². The Morgan fingerprint density at radius 3 is 2.59 bits per heavy atom. The molecule has 0 aliphatic heterocycles. The number of carbonyl (C=O) groups is 1. The number of phenols is 1. The molecule has 0 spiro atoms. The number of nitrogens with zero attached hydrogens (tertiary/aromatic N) is 3. The Labute approximate surface area is 200 Å². The summed E-state index contributed by atoms with van der Waals surface area (Å²) in [7, 11) is 1.98. The van der Waals surface area contributed by atoms with Gasteiger partial charge in [-0.05, 0) is 54.9 Å². The van der Waals surface area contributed by atoms with Crippen molar-refractivity contribution in [3.05, 3.63) is 78.1 Å². The monoisotopic (exact) mass is 452 g/mol. The molecule has 2 aromatic carbocycles. The van der Waals surface area contributed by atoms with Crippen molar-refractivity contribution >= 4 is 24.9 Å². The third-order valence-corrected chi connectivity index (χ3v) is 7.02. The number of carbonyl (C=O) groups excluding carboxylic acids is 1. The first-order valence-electron chi connectivity index (χ1n) is 12.0. The van der Waals surface area contributed by atoms with E-state index in [1.165, 1.54) is 0 Å². The number of phenolic OH excluding ortho intramolecular Hbond substituents is 1. The maximum absolute atomic E-state index is 13.3. The van der Waals surface area contributed by atoms with Crippen LogP contribution in [0.3, 0.4) is 0 Å². The van der Waals surface area contributed by atoms with E-state index in [0.717, 1.165) is 66.6 Å². The molecule has 0 bridgehead atoms. The highest BCUT2D eigenvalue weighted by molar-refractivity contribution is 6.36. The normalized spacial score (nSPS) is 14.9. The lowest BCUT2D eigenvalue weighted by atomic mass is 9.78. The largest absolute Gasteiger partial charge is 0.507 e. The number of aromatic hydroxyl groups is 1. The average molecular weight is 452 g/mol. The fraction of sp³-hybridized carbons (Fsp3) is 0.296. The summed E-state index contributed by atoms with van der Waals surface area (Å²) in [6, 6.07) is 19.4. The average Bonchev–Trinajstić information content (AvgIpc) is 3.51. The van der Waals surface area contributed by atoms with Crippen LogP contribution in [0.25, 0.3) is 16.9 Å². The summed E-state index contributed by atoms with van der Waals surface area (Å²) in [6.45, 7) is 0.601. The van der Waals surface area contributed by atoms with Gasteiger partial charge in [-0.25, -0.2) is 9.50 Å². The van der Waals surface area contributed by atoms with Crippen molar-refractivity contribution in [2.75, 3.05) is 6.54 Å². The minimum Gasteiger partial charge on any atom is -0.507 e. The van der Waals surface area contributed by atoms with Crippen molar-refractivity contribution in [2.24, 2.45) is 0 Å². The van der Waals surface area contributed by atoms with E-state index in [1.807, 2.05) is 55.0 Å². The molecule has 0 atom stereocenters. The molecule has 1 amide bonds. The van der Waals surface area contributed by atoms with Gasteiger partial charge in [-0.3, -0.25) is 4.79 Å². The Balaban J connectivity index is 1.32. The fourth-order valence-corrected chi connectivity index (χ4v) is 5.16. The molecule has 0 unspecified atom stereocenters. The van der Waals surface area contributed by atoms with E-state index in [4.69, 9.17) is 4.98 Å². The lowest BCUT2D eigenvalue weighted by molar-refractivity contribution is -0.126. The van der Waals surface area contributed by atoms with Crippen LogP contribution in [0.2, 0.25) is 0 Å². The van der Waals surface area contributed by atoms with Gasteiger partial charge in [-0.2, -0.15) is 5.10 Å². The first kappa shape index (κ1) is 22.2. The highest BCUT2D eigenvalue weighted by atomic mass is 16.3. The minimum atomic E-state index is -0.401. The smallest absolute Gasteiger partial charge is 0.230 e. The highest BCUT2D eigenvalue weighted by Crippen LogP contribution is 2.41. The molecule has 2 aromatic heterocycles. The van der Waals surface area contributed by atoms with Crippen molar-refractivity contribution in [1.82, 2.24) is 19.9 Å². The van der Waals surface area contributed by atoms with Crippen LogP contribution >= 0.6 is 0 Å². The SMILES string of the molecule is Bc1cnn2c(CCCNC(=O)C3(c4ccccc4)CCCC3)cc(-c3ccccc3O)nc12.